The van der Waals surface area contributed by atoms with Crippen LogP contribution in [0.3, 0.4) is 0 Å². The lowest BCUT2D eigenvalue weighted by molar-refractivity contribution is 0.254. The number of likely N-dealkylation sites (tertiary alicyclic amines) is 1. The molecule has 12 heteroatoms. The lowest BCUT2D eigenvalue weighted by Crippen LogP contribution is -2.35. The zero-order valence-corrected chi connectivity index (χ0v) is 19.2. The average molecular weight is 496 g/mol. The molecule has 3 aromatic heterocycles. The third-order valence-electron chi connectivity index (χ3n) is 5.36. The number of nitrogen functional groups attached to an aromatic ring is 1. The summed E-state index contributed by atoms with van der Waals surface area (Å²) in [6.07, 6.45) is 3.76. The molecular formula is C20H21Cl3N8O. The molecular weight excluding hydrogens is 475 g/mol. The number of hydrogen-bond acceptors (Lipinski definition) is 8. The minimum atomic E-state index is 0. The maximum Gasteiger partial charge on any atom is 0.259 e. The maximum absolute atomic E-state index is 6.36. The van der Waals surface area contributed by atoms with E-state index in [0.29, 0.717) is 45.9 Å². The Morgan fingerprint density at radius 1 is 1.19 bits per heavy atom. The molecule has 1 saturated heterocycles. The van der Waals surface area contributed by atoms with Gasteiger partial charge in [0.1, 0.15) is 0 Å². The van der Waals surface area contributed by atoms with Gasteiger partial charge in [-0.3, -0.25) is 4.90 Å². The van der Waals surface area contributed by atoms with E-state index in [1.54, 1.807) is 24.5 Å². The van der Waals surface area contributed by atoms with E-state index in [4.69, 9.17) is 33.4 Å². The summed E-state index contributed by atoms with van der Waals surface area (Å²) in [7, 11) is 0. The second-order valence-electron chi connectivity index (χ2n) is 7.41. The van der Waals surface area contributed by atoms with E-state index < -0.39 is 0 Å². The molecule has 1 atom stereocenters. The van der Waals surface area contributed by atoms with E-state index in [2.05, 4.69) is 30.3 Å². The number of nitrogens with one attached hydrogen (secondary N) is 1. The minimum absolute atomic E-state index is 0. The van der Waals surface area contributed by atoms with Crippen LogP contribution in [0.1, 0.15) is 18.4 Å². The smallest absolute Gasteiger partial charge is 0.259 e. The summed E-state index contributed by atoms with van der Waals surface area (Å²) in [5.74, 6) is 1.93. The molecule has 1 aliphatic heterocycles. The number of halogens is 3. The van der Waals surface area contributed by atoms with Gasteiger partial charge < -0.3 is 15.5 Å². The van der Waals surface area contributed by atoms with Gasteiger partial charge in [0, 0.05) is 29.2 Å². The van der Waals surface area contributed by atoms with Gasteiger partial charge >= 0.3 is 0 Å². The summed E-state index contributed by atoms with van der Waals surface area (Å²) >= 11 is 12.4. The normalized spacial score (nSPS) is 16.4. The zero-order valence-electron chi connectivity index (χ0n) is 16.9. The standard InChI is InChI=1S/C20H20Cl2N8O.ClH/c21-13-6-5-12(15(22)9-13)11-29-7-1-3-14(29)10-24-19-26-18(23)30-20(27-19)25-17(28-30)16-4-2-8-31-16;/h2,4-6,8-9,14H,1,3,7,10-11H2,(H3,23,24,25,26,27,28);1H/t14-;/m1./s1. The van der Waals surface area contributed by atoms with Crippen molar-refractivity contribution in [1.29, 1.82) is 0 Å². The predicted molar refractivity (Wildman–Crippen MR) is 126 cm³/mol. The van der Waals surface area contributed by atoms with Crippen LogP contribution >= 0.6 is 35.6 Å². The SMILES string of the molecule is Cl.Nc1nc(NC[C@H]2CCCN2Cc2ccc(Cl)cc2Cl)nc2nc(-c3ccco3)nn12. The Labute approximate surface area is 200 Å². The van der Waals surface area contributed by atoms with Gasteiger partial charge in [-0.2, -0.15) is 19.5 Å². The van der Waals surface area contributed by atoms with Crippen LogP contribution in [0.4, 0.5) is 11.9 Å². The average Bonchev–Trinajstić information content (AvgIpc) is 3.49. The number of furan rings is 1. The molecule has 32 heavy (non-hydrogen) atoms. The molecule has 4 heterocycles. The molecule has 168 valence electrons. The molecule has 9 nitrogen and oxygen atoms in total. The van der Waals surface area contributed by atoms with Gasteiger partial charge in [0.15, 0.2) is 5.76 Å². The van der Waals surface area contributed by atoms with Crippen LogP contribution < -0.4 is 11.1 Å². The minimum Gasteiger partial charge on any atom is -0.461 e. The highest BCUT2D eigenvalue weighted by atomic mass is 35.5. The van der Waals surface area contributed by atoms with Crippen LogP contribution in [0.25, 0.3) is 17.4 Å². The first kappa shape index (κ1) is 22.6. The van der Waals surface area contributed by atoms with Crippen molar-refractivity contribution in [1.82, 2.24) is 29.5 Å². The molecule has 0 unspecified atom stereocenters. The van der Waals surface area contributed by atoms with Crippen molar-refractivity contribution in [2.75, 3.05) is 24.1 Å². The van der Waals surface area contributed by atoms with Crippen molar-refractivity contribution in [3.05, 3.63) is 52.2 Å². The number of anilines is 2. The third kappa shape index (κ3) is 4.61. The molecule has 0 spiro atoms. The number of nitrogens with zero attached hydrogens (tertiary/aromatic N) is 6. The van der Waals surface area contributed by atoms with Gasteiger partial charge in [-0.1, -0.05) is 29.3 Å². The first-order chi connectivity index (χ1) is 15.1. The largest absolute Gasteiger partial charge is 0.461 e. The second-order valence-corrected chi connectivity index (χ2v) is 8.26. The number of hydrogen-bond donors (Lipinski definition) is 2. The van der Waals surface area contributed by atoms with Crippen LogP contribution in [0.5, 0.6) is 0 Å². The Balaban J connectivity index is 0.00000245. The Kier molecular flexibility index (Phi) is 6.71. The van der Waals surface area contributed by atoms with Crippen LogP contribution in [0.15, 0.2) is 41.0 Å². The maximum atomic E-state index is 6.36. The Morgan fingerprint density at radius 2 is 2.06 bits per heavy atom. The van der Waals surface area contributed by atoms with Crippen LogP contribution in [-0.4, -0.2) is 48.6 Å². The predicted octanol–water partition coefficient (Wildman–Crippen LogP) is 4.17. The number of fused-ring (bicyclic) bond motifs is 1. The number of aromatic nitrogens is 5. The quantitative estimate of drug-likeness (QED) is 0.410. The molecule has 0 saturated carbocycles. The fourth-order valence-electron chi connectivity index (χ4n) is 3.81. The van der Waals surface area contributed by atoms with Crippen molar-refractivity contribution in [3.8, 4) is 11.6 Å². The number of rotatable bonds is 6. The van der Waals surface area contributed by atoms with E-state index >= 15 is 0 Å². The Bertz CT molecular complexity index is 1210. The molecule has 4 aromatic rings. The summed E-state index contributed by atoms with van der Waals surface area (Å²) in [5, 5.41) is 8.94. The molecule has 1 aromatic carbocycles. The topological polar surface area (TPSA) is 110 Å². The highest BCUT2D eigenvalue weighted by molar-refractivity contribution is 6.35. The molecule has 0 aliphatic carbocycles. The lowest BCUT2D eigenvalue weighted by atomic mass is 10.2. The summed E-state index contributed by atoms with van der Waals surface area (Å²) in [4.78, 5) is 15.6. The van der Waals surface area contributed by atoms with E-state index in [9.17, 15) is 0 Å². The van der Waals surface area contributed by atoms with Crippen molar-refractivity contribution in [2.24, 2.45) is 0 Å². The highest BCUT2D eigenvalue weighted by Crippen LogP contribution is 2.26. The summed E-state index contributed by atoms with van der Waals surface area (Å²) in [6.45, 7) is 2.45. The monoisotopic (exact) mass is 494 g/mol. The molecule has 0 radical (unpaired) electrons. The van der Waals surface area contributed by atoms with Crippen LogP contribution in [0.2, 0.25) is 10.0 Å². The van der Waals surface area contributed by atoms with Gasteiger partial charge in [0.25, 0.3) is 5.78 Å². The lowest BCUT2D eigenvalue weighted by Gasteiger charge is -2.25. The molecule has 0 amide bonds. The molecule has 1 aliphatic rings. The second kappa shape index (κ2) is 9.50. The van der Waals surface area contributed by atoms with Gasteiger partial charge in [-0.05, 0) is 49.2 Å². The summed E-state index contributed by atoms with van der Waals surface area (Å²) in [6, 6.07) is 9.50. The molecule has 3 N–H and O–H groups in total. The molecule has 0 bridgehead atoms. The van der Waals surface area contributed by atoms with E-state index in [-0.39, 0.29) is 18.4 Å². The summed E-state index contributed by atoms with van der Waals surface area (Å²) < 4.78 is 6.74. The summed E-state index contributed by atoms with van der Waals surface area (Å²) in [5.41, 5.74) is 7.13. The number of benzene rings is 1. The van der Waals surface area contributed by atoms with E-state index in [1.165, 1.54) is 4.52 Å². The fraction of sp³-hybridized carbons (Fsp3) is 0.300. The fourth-order valence-corrected chi connectivity index (χ4v) is 4.28. The first-order valence-corrected chi connectivity index (χ1v) is 10.7. The van der Waals surface area contributed by atoms with Crippen LogP contribution in [0, 0.1) is 0 Å². The van der Waals surface area contributed by atoms with Gasteiger partial charge in [-0.25, -0.2) is 0 Å². The van der Waals surface area contributed by atoms with E-state index in [0.717, 1.165) is 31.5 Å². The third-order valence-corrected chi connectivity index (χ3v) is 5.95. The molecule has 1 fully saturated rings. The van der Waals surface area contributed by atoms with Crippen molar-refractivity contribution in [3.63, 3.8) is 0 Å². The molecule has 5 rings (SSSR count). The number of nitrogens with two attached hydrogens (primary N) is 1. The van der Waals surface area contributed by atoms with E-state index in [1.807, 2.05) is 12.1 Å². The Morgan fingerprint density at radius 3 is 2.84 bits per heavy atom. The van der Waals surface area contributed by atoms with Crippen molar-refractivity contribution in [2.45, 2.75) is 25.4 Å². The van der Waals surface area contributed by atoms with Crippen LogP contribution in [-0.2, 0) is 6.54 Å². The van der Waals surface area contributed by atoms with Crippen molar-refractivity contribution < 1.29 is 4.42 Å². The van der Waals surface area contributed by atoms with Gasteiger partial charge in [0.05, 0.1) is 6.26 Å². The van der Waals surface area contributed by atoms with Gasteiger partial charge in [0.2, 0.25) is 17.7 Å². The Hall–Kier alpha value is -2.59. The highest BCUT2D eigenvalue weighted by Gasteiger charge is 2.25. The first-order valence-electron chi connectivity index (χ1n) is 9.93. The van der Waals surface area contributed by atoms with Crippen molar-refractivity contribution >= 4 is 53.3 Å². The zero-order chi connectivity index (χ0) is 21.4. The van der Waals surface area contributed by atoms with Gasteiger partial charge in [-0.15, -0.1) is 17.5 Å².